The number of nitrogens with zero attached hydrogens (tertiary/aromatic N) is 2. The van der Waals surface area contributed by atoms with Crippen LogP contribution in [0.2, 0.25) is 0 Å². The summed E-state index contributed by atoms with van der Waals surface area (Å²) in [6.45, 7) is 3.57. The Bertz CT molecular complexity index is 1090. The van der Waals surface area contributed by atoms with Crippen molar-refractivity contribution in [3.63, 3.8) is 0 Å². The lowest BCUT2D eigenvalue weighted by atomic mass is 10.1. The van der Waals surface area contributed by atoms with Gasteiger partial charge in [0.1, 0.15) is 13.2 Å². The summed E-state index contributed by atoms with van der Waals surface area (Å²) in [5.41, 5.74) is 4.70. The Hall–Kier alpha value is -3.06. The molecule has 0 saturated heterocycles. The minimum atomic E-state index is -0.0729. The highest BCUT2D eigenvalue weighted by Crippen LogP contribution is 2.41. The van der Waals surface area contributed by atoms with Gasteiger partial charge in [-0.25, -0.2) is 4.98 Å². The maximum Gasteiger partial charge on any atom is 0.258 e. The minimum absolute atomic E-state index is 0.0729. The number of anilines is 1. The Morgan fingerprint density at radius 3 is 2.86 bits per heavy atom. The predicted molar refractivity (Wildman–Crippen MR) is 112 cm³/mol. The lowest BCUT2D eigenvalue weighted by molar-refractivity contribution is 0.0987. The van der Waals surface area contributed by atoms with E-state index in [-0.39, 0.29) is 5.91 Å². The van der Waals surface area contributed by atoms with Crippen LogP contribution in [0.1, 0.15) is 20.9 Å². The zero-order valence-corrected chi connectivity index (χ0v) is 17.0. The molecule has 0 N–H and O–H groups in total. The second kappa shape index (κ2) is 7.08. The molecule has 0 saturated carbocycles. The van der Waals surface area contributed by atoms with Crippen molar-refractivity contribution in [2.75, 3.05) is 31.8 Å². The summed E-state index contributed by atoms with van der Waals surface area (Å²) >= 11 is 1.64. The van der Waals surface area contributed by atoms with Crippen LogP contribution in [-0.2, 0) is 6.42 Å². The maximum absolute atomic E-state index is 13.3. The minimum Gasteiger partial charge on any atom is -0.493 e. The summed E-state index contributed by atoms with van der Waals surface area (Å²) in [5, 5.41) is 3.11. The van der Waals surface area contributed by atoms with Gasteiger partial charge in [0.15, 0.2) is 11.5 Å². The molecule has 1 amide bonds. The maximum atomic E-state index is 13.3. The van der Waals surface area contributed by atoms with Gasteiger partial charge in [-0.2, -0.15) is 0 Å². The molecular formula is C22H20N2O4S. The molecule has 0 spiro atoms. The highest BCUT2D eigenvalue weighted by Gasteiger charge is 2.28. The largest absolute Gasteiger partial charge is 0.493 e. The van der Waals surface area contributed by atoms with Gasteiger partial charge in [0.25, 0.3) is 5.91 Å². The Morgan fingerprint density at radius 1 is 1.21 bits per heavy atom. The summed E-state index contributed by atoms with van der Waals surface area (Å²) < 4.78 is 16.7. The molecule has 6 nitrogen and oxygen atoms in total. The molecule has 0 aliphatic carbocycles. The lowest BCUT2D eigenvalue weighted by Gasteiger charge is -2.23. The van der Waals surface area contributed by atoms with Gasteiger partial charge in [-0.3, -0.25) is 4.79 Å². The summed E-state index contributed by atoms with van der Waals surface area (Å²) in [4.78, 5) is 19.7. The number of methoxy groups -OCH3 is 1. The van der Waals surface area contributed by atoms with E-state index in [2.05, 4.69) is 16.4 Å². The van der Waals surface area contributed by atoms with Crippen LogP contribution in [0.3, 0.4) is 0 Å². The van der Waals surface area contributed by atoms with Crippen molar-refractivity contribution in [2.24, 2.45) is 0 Å². The number of fused-ring (bicyclic) bond motifs is 2. The SMILES string of the molecule is COc1cc(C(=O)N2CCc3cc(-c4csc(C)n4)ccc32)cc2c1OCCO2. The van der Waals surface area contributed by atoms with E-state index >= 15 is 0 Å². The molecule has 7 heteroatoms. The van der Waals surface area contributed by atoms with Crippen molar-refractivity contribution in [2.45, 2.75) is 13.3 Å². The molecule has 0 atom stereocenters. The van der Waals surface area contributed by atoms with Gasteiger partial charge in [0.2, 0.25) is 5.75 Å². The molecule has 2 aliphatic rings. The van der Waals surface area contributed by atoms with E-state index in [4.69, 9.17) is 14.2 Å². The summed E-state index contributed by atoms with van der Waals surface area (Å²) in [5.74, 6) is 1.54. The van der Waals surface area contributed by atoms with Crippen LogP contribution in [0, 0.1) is 6.92 Å². The number of hydrogen-bond donors (Lipinski definition) is 0. The van der Waals surface area contributed by atoms with Crippen molar-refractivity contribution in [3.05, 3.63) is 51.8 Å². The standard InChI is InChI=1S/C22H20N2O4S/c1-13-23-17(12-29-13)14-3-4-18-15(9-14)5-6-24(18)22(25)16-10-19(26-2)21-20(11-16)27-7-8-28-21/h3-4,9-12H,5-8H2,1-2H3. The average Bonchev–Trinajstić information content (AvgIpc) is 3.38. The molecule has 2 aromatic carbocycles. The average molecular weight is 408 g/mol. The number of amides is 1. The number of ether oxygens (including phenoxy) is 3. The van der Waals surface area contributed by atoms with Gasteiger partial charge in [-0.15, -0.1) is 11.3 Å². The Morgan fingerprint density at radius 2 is 2.07 bits per heavy atom. The first-order valence-corrected chi connectivity index (χ1v) is 10.4. The number of carbonyl (C=O) groups is 1. The van der Waals surface area contributed by atoms with Crippen LogP contribution >= 0.6 is 11.3 Å². The molecule has 0 unspecified atom stereocenters. The zero-order valence-electron chi connectivity index (χ0n) is 16.2. The molecule has 2 aliphatic heterocycles. The van der Waals surface area contributed by atoms with E-state index in [0.717, 1.165) is 33.9 Å². The topological polar surface area (TPSA) is 60.9 Å². The van der Waals surface area contributed by atoms with E-state index in [9.17, 15) is 4.79 Å². The van der Waals surface area contributed by atoms with Crippen LogP contribution < -0.4 is 19.1 Å². The third kappa shape index (κ3) is 3.11. The van der Waals surface area contributed by atoms with E-state index in [0.29, 0.717) is 42.6 Å². The van der Waals surface area contributed by atoms with Crippen molar-refractivity contribution in [3.8, 4) is 28.5 Å². The molecule has 148 valence electrons. The lowest BCUT2D eigenvalue weighted by Crippen LogP contribution is -2.29. The fraction of sp³-hybridized carbons (Fsp3) is 0.273. The Labute approximate surface area is 172 Å². The van der Waals surface area contributed by atoms with E-state index < -0.39 is 0 Å². The second-order valence-electron chi connectivity index (χ2n) is 7.00. The van der Waals surface area contributed by atoms with Crippen molar-refractivity contribution >= 4 is 22.9 Å². The first-order chi connectivity index (χ1) is 14.1. The zero-order chi connectivity index (χ0) is 20.0. The van der Waals surface area contributed by atoms with Crippen LogP contribution in [0.5, 0.6) is 17.2 Å². The molecule has 1 aromatic heterocycles. The third-order valence-corrected chi connectivity index (χ3v) is 5.98. The van der Waals surface area contributed by atoms with Gasteiger partial charge in [-0.05, 0) is 43.2 Å². The van der Waals surface area contributed by atoms with E-state index in [1.807, 2.05) is 24.0 Å². The summed E-state index contributed by atoms with van der Waals surface area (Å²) in [7, 11) is 1.56. The van der Waals surface area contributed by atoms with Gasteiger partial charge in [0.05, 0.1) is 17.8 Å². The van der Waals surface area contributed by atoms with Gasteiger partial charge < -0.3 is 19.1 Å². The molecule has 0 bridgehead atoms. The molecule has 3 aromatic rings. The fourth-order valence-corrected chi connectivity index (χ4v) is 4.44. The molecule has 3 heterocycles. The summed E-state index contributed by atoms with van der Waals surface area (Å²) in [6.07, 6.45) is 0.819. The van der Waals surface area contributed by atoms with Crippen LogP contribution in [0.25, 0.3) is 11.3 Å². The highest BCUT2D eigenvalue weighted by atomic mass is 32.1. The smallest absolute Gasteiger partial charge is 0.258 e. The fourth-order valence-electron chi connectivity index (χ4n) is 3.82. The van der Waals surface area contributed by atoms with Crippen molar-refractivity contribution in [1.29, 1.82) is 0 Å². The van der Waals surface area contributed by atoms with Crippen LogP contribution in [0.4, 0.5) is 5.69 Å². The number of rotatable bonds is 3. The number of aromatic nitrogens is 1. The Kier molecular flexibility index (Phi) is 4.39. The van der Waals surface area contributed by atoms with Crippen molar-refractivity contribution in [1.82, 2.24) is 4.98 Å². The van der Waals surface area contributed by atoms with Gasteiger partial charge in [-0.1, -0.05) is 6.07 Å². The number of hydrogen-bond acceptors (Lipinski definition) is 6. The molecular weight excluding hydrogens is 388 g/mol. The molecule has 0 radical (unpaired) electrons. The number of benzene rings is 2. The predicted octanol–water partition coefficient (Wildman–Crippen LogP) is 4.10. The second-order valence-corrected chi connectivity index (χ2v) is 8.07. The summed E-state index contributed by atoms with van der Waals surface area (Å²) in [6, 6.07) is 9.65. The highest BCUT2D eigenvalue weighted by molar-refractivity contribution is 7.09. The molecule has 0 fully saturated rings. The monoisotopic (exact) mass is 408 g/mol. The number of carbonyl (C=O) groups excluding carboxylic acids is 1. The quantitative estimate of drug-likeness (QED) is 0.653. The first-order valence-electron chi connectivity index (χ1n) is 9.49. The van der Waals surface area contributed by atoms with Gasteiger partial charge in [0, 0.05) is 28.7 Å². The number of aryl methyl sites for hydroxylation is 1. The third-order valence-electron chi connectivity index (χ3n) is 5.21. The number of thiazole rings is 1. The normalized spacial score (nSPS) is 14.6. The molecule has 29 heavy (non-hydrogen) atoms. The Balaban J connectivity index is 1.47. The van der Waals surface area contributed by atoms with Gasteiger partial charge >= 0.3 is 0 Å². The van der Waals surface area contributed by atoms with Crippen LogP contribution in [-0.4, -0.2) is 37.8 Å². The van der Waals surface area contributed by atoms with Crippen LogP contribution in [0.15, 0.2) is 35.7 Å². The first kappa shape index (κ1) is 18.0. The van der Waals surface area contributed by atoms with E-state index in [1.165, 1.54) is 0 Å². The van der Waals surface area contributed by atoms with Crippen molar-refractivity contribution < 1.29 is 19.0 Å². The molecule has 5 rings (SSSR count). The van der Waals surface area contributed by atoms with E-state index in [1.54, 1.807) is 30.6 Å².